The van der Waals surface area contributed by atoms with E-state index in [9.17, 15) is 9.90 Å². The van der Waals surface area contributed by atoms with Gasteiger partial charge in [0.25, 0.3) is 0 Å². The van der Waals surface area contributed by atoms with E-state index in [-0.39, 0.29) is 23.0 Å². The lowest BCUT2D eigenvalue weighted by Crippen LogP contribution is -2.13. The number of ether oxygens (including phenoxy) is 1. The number of para-hydroxylation sites is 2. The fourth-order valence-electron chi connectivity index (χ4n) is 3.13. The summed E-state index contributed by atoms with van der Waals surface area (Å²) >= 11 is 0. The summed E-state index contributed by atoms with van der Waals surface area (Å²) in [6.07, 6.45) is 0.905. The maximum absolute atomic E-state index is 12.9. The van der Waals surface area contributed by atoms with Crippen molar-refractivity contribution in [3.8, 4) is 11.4 Å². The molecule has 148 valence electrons. The number of nitrogen functional groups attached to an aromatic ring is 1. The highest BCUT2D eigenvalue weighted by atomic mass is 16.5. The molecule has 0 spiro atoms. The molecule has 0 fully saturated rings. The van der Waals surface area contributed by atoms with Gasteiger partial charge in [0.1, 0.15) is 22.6 Å². The van der Waals surface area contributed by atoms with E-state index in [0.717, 1.165) is 6.42 Å². The first-order valence-electron chi connectivity index (χ1n) is 9.52. The van der Waals surface area contributed by atoms with Crippen LogP contribution < -0.4 is 5.73 Å². The molecule has 0 amide bonds. The van der Waals surface area contributed by atoms with Crippen molar-refractivity contribution in [1.29, 1.82) is 0 Å². The van der Waals surface area contributed by atoms with Crippen molar-refractivity contribution in [2.75, 3.05) is 12.3 Å². The largest absolute Gasteiger partial charge is 0.508 e. The number of hydrogen-bond donors (Lipinski definition) is 2. The Balaban J connectivity index is 1.94. The van der Waals surface area contributed by atoms with E-state index in [2.05, 4.69) is 4.98 Å². The van der Waals surface area contributed by atoms with Crippen molar-refractivity contribution in [2.45, 2.75) is 20.3 Å². The summed E-state index contributed by atoms with van der Waals surface area (Å²) in [4.78, 5) is 22.3. The number of phenolic OH excluding ortho intramolecular Hbond substituents is 1. The highest BCUT2D eigenvalue weighted by Gasteiger charge is 2.26. The predicted octanol–water partition coefficient (Wildman–Crippen LogP) is 4.06. The summed E-state index contributed by atoms with van der Waals surface area (Å²) in [6, 6.07) is 13.9. The smallest absolute Gasteiger partial charge is 0.344 e. The second-order valence-corrected chi connectivity index (χ2v) is 7.11. The molecule has 0 aliphatic carbocycles. The topological polar surface area (TPSA) is 103 Å². The molecule has 0 radical (unpaired) electrons. The monoisotopic (exact) mass is 390 g/mol. The minimum Gasteiger partial charge on any atom is -0.508 e. The van der Waals surface area contributed by atoms with Crippen LogP contribution in [-0.4, -0.2) is 32.2 Å². The van der Waals surface area contributed by atoms with Crippen LogP contribution in [0.3, 0.4) is 0 Å². The van der Waals surface area contributed by atoms with Crippen molar-refractivity contribution in [2.24, 2.45) is 5.92 Å². The third-order valence-electron chi connectivity index (χ3n) is 5.01. The van der Waals surface area contributed by atoms with Gasteiger partial charge in [-0.15, -0.1) is 0 Å². The minimum absolute atomic E-state index is 0.133. The Bertz CT molecular complexity index is 1200. The number of phenols is 1. The Kier molecular flexibility index (Phi) is 4.80. The molecular formula is C22H22N4O3. The molecule has 0 saturated heterocycles. The second-order valence-electron chi connectivity index (χ2n) is 7.11. The van der Waals surface area contributed by atoms with Gasteiger partial charge in [0.15, 0.2) is 5.65 Å². The minimum atomic E-state index is -0.519. The van der Waals surface area contributed by atoms with Crippen LogP contribution in [-0.2, 0) is 4.74 Å². The predicted molar refractivity (Wildman–Crippen MR) is 112 cm³/mol. The molecule has 1 atom stereocenters. The SMILES string of the molecule is CC[C@H](C)COC(=O)c1c(N)n(-c2ccc(O)cc2)c2nc3ccccc3nc12. The van der Waals surface area contributed by atoms with Crippen LogP contribution in [0.4, 0.5) is 5.82 Å². The molecule has 7 heteroatoms. The van der Waals surface area contributed by atoms with Gasteiger partial charge in [-0.2, -0.15) is 0 Å². The first-order valence-corrected chi connectivity index (χ1v) is 9.52. The Morgan fingerprint density at radius 1 is 1.14 bits per heavy atom. The van der Waals surface area contributed by atoms with E-state index in [1.165, 1.54) is 0 Å². The lowest BCUT2D eigenvalue weighted by atomic mass is 10.1. The highest BCUT2D eigenvalue weighted by molar-refractivity contribution is 6.09. The van der Waals surface area contributed by atoms with Crippen molar-refractivity contribution >= 4 is 34.0 Å². The molecule has 3 N–H and O–H groups in total. The van der Waals surface area contributed by atoms with Crippen LogP contribution >= 0.6 is 0 Å². The van der Waals surface area contributed by atoms with E-state index in [0.29, 0.717) is 34.5 Å². The highest BCUT2D eigenvalue weighted by Crippen LogP contribution is 2.32. The van der Waals surface area contributed by atoms with Crippen molar-refractivity contribution in [3.05, 3.63) is 54.1 Å². The zero-order valence-electron chi connectivity index (χ0n) is 16.3. The molecule has 0 bridgehead atoms. The van der Waals surface area contributed by atoms with Gasteiger partial charge in [0.05, 0.1) is 17.6 Å². The quantitative estimate of drug-likeness (QED) is 0.498. The molecule has 0 saturated carbocycles. The molecule has 2 heterocycles. The van der Waals surface area contributed by atoms with E-state index < -0.39 is 5.97 Å². The van der Waals surface area contributed by atoms with Crippen LogP contribution in [0.15, 0.2) is 48.5 Å². The Labute approximate surface area is 167 Å². The van der Waals surface area contributed by atoms with Gasteiger partial charge < -0.3 is 15.6 Å². The lowest BCUT2D eigenvalue weighted by Gasteiger charge is -2.10. The molecule has 0 unspecified atom stereocenters. The van der Waals surface area contributed by atoms with Gasteiger partial charge in [0, 0.05) is 5.69 Å². The van der Waals surface area contributed by atoms with Crippen LogP contribution in [0.5, 0.6) is 5.75 Å². The summed E-state index contributed by atoms with van der Waals surface area (Å²) in [5.41, 5.74) is 9.48. The zero-order valence-corrected chi connectivity index (χ0v) is 16.3. The van der Waals surface area contributed by atoms with Crippen LogP contribution in [0.25, 0.3) is 27.9 Å². The van der Waals surface area contributed by atoms with Crippen LogP contribution in [0.1, 0.15) is 30.6 Å². The molecule has 4 aromatic rings. The summed E-state index contributed by atoms with van der Waals surface area (Å²) < 4.78 is 7.17. The Morgan fingerprint density at radius 2 is 1.79 bits per heavy atom. The van der Waals surface area contributed by atoms with Crippen molar-refractivity contribution in [3.63, 3.8) is 0 Å². The Morgan fingerprint density at radius 3 is 2.45 bits per heavy atom. The number of nitrogens with zero attached hydrogens (tertiary/aromatic N) is 3. The first kappa shape index (κ1) is 18.7. The number of carbonyl (C=O) groups excluding carboxylic acids is 1. The fourth-order valence-corrected chi connectivity index (χ4v) is 3.13. The summed E-state index contributed by atoms with van der Waals surface area (Å²) in [6.45, 7) is 4.37. The van der Waals surface area contributed by atoms with E-state index >= 15 is 0 Å². The van der Waals surface area contributed by atoms with Crippen molar-refractivity contribution in [1.82, 2.24) is 14.5 Å². The summed E-state index contributed by atoms with van der Waals surface area (Å²) in [7, 11) is 0. The number of aromatic hydroxyl groups is 1. The number of nitrogens with two attached hydrogens (primary N) is 1. The number of hydrogen-bond acceptors (Lipinski definition) is 6. The normalized spacial score (nSPS) is 12.3. The Hall–Kier alpha value is -3.61. The number of anilines is 1. The first-order chi connectivity index (χ1) is 14.0. The average Bonchev–Trinajstić information content (AvgIpc) is 3.01. The van der Waals surface area contributed by atoms with Crippen LogP contribution in [0, 0.1) is 5.92 Å². The molecular weight excluding hydrogens is 368 g/mol. The van der Waals surface area contributed by atoms with Gasteiger partial charge in [0.2, 0.25) is 0 Å². The molecule has 29 heavy (non-hydrogen) atoms. The maximum Gasteiger partial charge on any atom is 0.344 e. The average molecular weight is 390 g/mol. The number of esters is 1. The van der Waals surface area contributed by atoms with Gasteiger partial charge in [-0.25, -0.2) is 14.8 Å². The third-order valence-corrected chi connectivity index (χ3v) is 5.01. The number of benzene rings is 2. The standard InChI is InChI=1S/C22H22N4O3/c1-3-13(2)12-29-22(28)18-19-21(25-17-7-5-4-6-16(17)24-19)26(20(18)23)14-8-10-15(27)11-9-14/h4-11,13,27H,3,12,23H2,1-2H3/t13-/m0/s1. The molecule has 2 aromatic heterocycles. The van der Waals surface area contributed by atoms with Gasteiger partial charge >= 0.3 is 5.97 Å². The van der Waals surface area contributed by atoms with Crippen molar-refractivity contribution < 1.29 is 14.6 Å². The maximum atomic E-state index is 12.9. The van der Waals surface area contributed by atoms with Crippen LogP contribution in [0.2, 0.25) is 0 Å². The fraction of sp³-hybridized carbons (Fsp3) is 0.227. The molecule has 0 aliphatic rings. The van der Waals surface area contributed by atoms with E-state index in [1.54, 1.807) is 28.8 Å². The number of carbonyl (C=O) groups is 1. The summed E-state index contributed by atoms with van der Waals surface area (Å²) in [5.74, 6) is 0.0658. The lowest BCUT2D eigenvalue weighted by molar-refractivity contribution is 0.0450. The molecule has 7 nitrogen and oxygen atoms in total. The van der Waals surface area contributed by atoms with Gasteiger partial charge in [-0.3, -0.25) is 4.57 Å². The van der Waals surface area contributed by atoms with E-state index in [1.807, 2.05) is 38.1 Å². The molecule has 4 rings (SSSR count). The second kappa shape index (κ2) is 7.43. The third kappa shape index (κ3) is 3.35. The van der Waals surface area contributed by atoms with Gasteiger partial charge in [-0.1, -0.05) is 32.4 Å². The number of fused-ring (bicyclic) bond motifs is 2. The van der Waals surface area contributed by atoms with E-state index in [4.69, 9.17) is 15.5 Å². The number of aromatic nitrogens is 3. The molecule has 0 aliphatic heterocycles. The molecule has 2 aromatic carbocycles. The zero-order chi connectivity index (χ0) is 20.5. The summed E-state index contributed by atoms with van der Waals surface area (Å²) in [5, 5.41) is 9.62. The van der Waals surface area contributed by atoms with Gasteiger partial charge in [-0.05, 0) is 42.3 Å². The number of rotatable bonds is 5.